The minimum atomic E-state index is -1.26. The quantitative estimate of drug-likeness (QED) is 0.301. The molecule has 4 aliphatic rings. The van der Waals surface area contributed by atoms with Crippen molar-refractivity contribution < 1.29 is 29.0 Å². The molecule has 0 aliphatic heterocycles. The van der Waals surface area contributed by atoms with E-state index < -0.39 is 17.1 Å². The van der Waals surface area contributed by atoms with Crippen LogP contribution in [0, 0.1) is 34.5 Å². The Bertz CT molecular complexity index is 925. The van der Waals surface area contributed by atoms with E-state index in [1.807, 2.05) is 13.0 Å². The second-order valence-electron chi connectivity index (χ2n) is 12.9. The molecule has 4 rings (SSSR count). The van der Waals surface area contributed by atoms with Crippen LogP contribution in [0.4, 0.5) is 0 Å². The summed E-state index contributed by atoms with van der Waals surface area (Å²) in [6, 6.07) is 0. The molecule has 208 valence electrons. The fraction of sp³-hybridized carbons (Fsp3) is 0.839. The second-order valence-corrected chi connectivity index (χ2v) is 12.9. The van der Waals surface area contributed by atoms with E-state index >= 15 is 0 Å². The first-order chi connectivity index (χ1) is 17.5. The van der Waals surface area contributed by atoms with Crippen LogP contribution in [0.2, 0.25) is 0 Å². The van der Waals surface area contributed by atoms with Gasteiger partial charge in [-0.2, -0.15) is 0 Å². The van der Waals surface area contributed by atoms with Crippen molar-refractivity contribution in [3.05, 3.63) is 11.6 Å². The molecule has 3 fully saturated rings. The zero-order chi connectivity index (χ0) is 27.0. The highest BCUT2D eigenvalue weighted by molar-refractivity contribution is 5.93. The summed E-state index contributed by atoms with van der Waals surface area (Å²) in [5, 5.41) is 11.8. The first-order valence-corrected chi connectivity index (χ1v) is 14.8. The Hall–Kier alpha value is -1.53. The Morgan fingerprint density at radius 1 is 1.14 bits per heavy atom. The van der Waals surface area contributed by atoms with Gasteiger partial charge < -0.3 is 14.6 Å². The van der Waals surface area contributed by atoms with E-state index in [2.05, 4.69) is 27.7 Å². The standard InChI is InChI=1S/C31H48O6/c1-6-8-9-15-36-19-26(34)31(37-27(35)10-7-2)14-12-23-22-16-20(3)24-17-21(32)11-13-29(24,4)28(22)25(33)18-30(23,31)5/h17,20,22-23,25,28,33H,6-16,18-19H2,1-5H3/t20?,22-,23-,25?,28+,29-,30-,31-/m0/s1. The fourth-order valence-corrected chi connectivity index (χ4v) is 8.97. The zero-order valence-electron chi connectivity index (χ0n) is 23.6. The predicted molar refractivity (Wildman–Crippen MR) is 142 cm³/mol. The van der Waals surface area contributed by atoms with Crippen molar-refractivity contribution >= 4 is 17.5 Å². The summed E-state index contributed by atoms with van der Waals surface area (Å²) in [7, 11) is 0. The van der Waals surface area contributed by atoms with Crippen LogP contribution in [0.3, 0.4) is 0 Å². The first-order valence-electron chi connectivity index (χ1n) is 14.8. The third-order valence-electron chi connectivity index (χ3n) is 10.7. The third kappa shape index (κ3) is 4.75. The number of allylic oxidation sites excluding steroid dienone is 1. The Balaban J connectivity index is 1.66. The van der Waals surface area contributed by atoms with Gasteiger partial charge in [0.1, 0.15) is 6.61 Å². The number of hydrogen-bond acceptors (Lipinski definition) is 6. The number of unbranched alkanes of at least 4 members (excludes halogenated alkanes) is 2. The summed E-state index contributed by atoms with van der Waals surface area (Å²) < 4.78 is 12.0. The highest BCUT2D eigenvalue weighted by atomic mass is 16.6. The Labute approximate surface area is 222 Å². The van der Waals surface area contributed by atoms with Gasteiger partial charge in [0.2, 0.25) is 5.78 Å². The van der Waals surface area contributed by atoms with E-state index in [0.717, 1.165) is 38.5 Å². The van der Waals surface area contributed by atoms with E-state index in [1.54, 1.807) is 0 Å². The van der Waals surface area contributed by atoms with Crippen molar-refractivity contribution in [2.75, 3.05) is 13.2 Å². The van der Waals surface area contributed by atoms with E-state index in [0.29, 0.717) is 32.3 Å². The molecule has 0 aromatic heterocycles. The summed E-state index contributed by atoms with van der Waals surface area (Å²) in [5.41, 5.74) is -0.928. The van der Waals surface area contributed by atoms with Crippen LogP contribution in [-0.2, 0) is 23.9 Å². The van der Waals surface area contributed by atoms with Crippen LogP contribution < -0.4 is 0 Å². The molecular weight excluding hydrogens is 468 g/mol. The molecule has 0 bridgehead atoms. The van der Waals surface area contributed by atoms with Gasteiger partial charge in [0.05, 0.1) is 6.10 Å². The molecule has 0 spiro atoms. The minimum Gasteiger partial charge on any atom is -0.450 e. The third-order valence-corrected chi connectivity index (χ3v) is 10.7. The topological polar surface area (TPSA) is 89.9 Å². The summed E-state index contributed by atoms with van der Waals surface area (Å²) in [4.78, 5) is 39.1. The molecule has 0 saturated heterocycles. The molecule has 2 unspecified atom stereocenters. The summed E-state index contributed by atoms with van der Waals surface area (Å²) in [6.45, 7) is 11.1. The van der Waals surface area contributed by atoms with Gasteiger partial charge in [0.25, 0.3) is 0 Å². The van der Waals surface area contributed by atoms with Crippen LogP contribution in [0.5, 0.6) is 0 Å². The van der Waals surface area contributed by atoms with Gasteiger partial charge >= 0.3 is 5.97 Å². The zero-order valence-corrected chi connectivity index (χ0v) is 23.6. The number of carbonyl (C=O) groups excluding carboxylic acids is 3. The van der Waals surface area contributed by atoms with E-state index in [4.69, 9.17) is 9.47 Å². The van der Waals surface area contributed by atoms with Crippen molar-refractivity contribution in [2.24, 2.45) is 34.5 Å². The number of Topliss-reactive ketones (excluding diaryl/α,β-unsaturated/α-hetero) is 1. The minimum absolute atomic E-state index is 0.0451. The number of rotatable bonds is 10. The molecule has 0 aromatic rings. The molecule has 6 heteroatoms. The monoisotopic (exact) mass is 516 g/mol. The Kier molecular flexibility index (Phi) is 8.40. The average molecular weight is 517 g/mol. The molecule has 0 aromatic carbocycles. The van der Waals surface area contributed by atoms with Gasteiger partial charge in [0, 0.05) is 24.9 Å². The first kappa shape index (κ1) is 28.5. The van der Waals surface area contributed by atoms with Gasteiger partial charge in [-0.3, -0.25) is 14.4 Å². The van der Waals surface area contributed by atoms with Crippen molar-refractivity contribution in [3.63, 3.8) is 0 Å². The Morgan fingerprint density at radius 3 is 2.59 bits per heavy atom. The maximum atomic E-state index is 13.9. The summed E-state index contributed by atoms with van der Waals surface area (Å²) in [5.74, 6) is 0.384. The fourth-order valence-electron chi connectivity index (χ4n) is 8.97. The molecule has 8 atom stereocenters. The highest BCUT2D eigenvalue weighted by Gasteiger charge is 2.70. The Morgan fingerprint density at radius 2 is 1.89 bits per heavy atom. The lowest BCUT2D eigenvalue weighted by atomic mass is 9.44. The largest absolute Gasteiger partial charge is 0.450 e. The number of esters is 1. The number of aliphatic hydroxyl groups excluding tert-OH is 1. The van der Waals surface area contributed by atoms with Crippen LogP contribution in [0.25, 0.3) is 0 Å². The van der Waals surface area contributed by atoms with Gasteiger partial charge in [0.15, 0.2) is 11.4 Å². The van der Waals surface area contributed by atoms with E-state index in [9.17, 15) is 19.5 Å². The van der Waals surface area contributed by atoms with Crippen molar-refractivity contribution in [1.29, 1.82) is 0 Å². The maximum absolute atomic E-state index is 13.9. The lowest BCUT2D eigenvalue weighted by Crippen LogP contribution is -2.63. The number of ketones is 2. The van der Waals surface area contributed by atoms with Gasteiger partial charge in [-0.15, -0.1) is 0 Å². The predicted octanol–water partition coefficient (Wildman–Crippen LogP) is 5.59. The molecule has 0 radical (unpaired) electrons. The molecular formula is C31H48O6. The molecule has 6 nitrogen and oxygen atoms in total. The van der Waals surface area contributed by atoms with E-state index in [1.165, 1.54) is 5.57 Å². The highest BCUT2D eigenvalue weighted by Crippen LogP contribution is 2.69. The van der Waals surface area contributed by atoms with Crippen molar-refractivity contribution in [1.82, 2.24) is 0 Å². The van der Waals surface area contributed by atoms with Crippen molar-refractivity contribution in [3.8, 4) is 0 Å². The van der Waals surface area contributed by atoms with Gasteiger partial charge in [-0.05, 0) is 80.1 Å². The van der Waals surface area contributed by atoms with Crippen LogP contribution in [0.1, 0.15) is 105 Å². The van der Waals surface area contributed by atoms with E-state index in [-0.39, 0.29) is 59.7 Å². The SMILES string of the molecule is CCCCCOCC(=O)[C@@]1(OC(=O)CCC)CC[C@H]2[C@@H]3CC(C)C4=CC(=O)CC[C@]4(C)[C@H]3C(O)C[C@@]21C. The molecule has 4 aliphatic carbocycles. The van der Waals surface area contributed by atoms with Gasteiger partial charge in [-0.25, -0.2) is 0 Å². The molecule has 1 N–H and O–H groups in total. The molecule has 3 saturated carbocycles. The molecule has 37 heavy (non-hydrogen) atoms. The normalized spacial score (nSPS) is 40.9. The summed E-state index contributed by atoms with van der Waals surface area (Å²) in [6.07, 6.45) is 9.10. The van der Waals surface area contributed by atoms with Crippen LogP contribution >= 0.6 is 0 Å². The molecule has 0 amide bonds. The smallest absolute Gasteiger partial charge is 0.306 e. The second kappa shape index (κ2) is 10.9. The number of carbonyl (C=O) groups is 3. The van der Waals surface area contributed by atoms with Crippen molar-refractivity contribution in [2.45, 2.75) is 117 Å². The number of aliphatic hydroxyl groups is 1. The number of fused-ring (bicyclic) bond motifs is 5. The molecule has 0 heterocycles. The van der Waals surface area contributed by atoms with Crippen LogP contribution in [0.15, 0.2) is 11.6 Å². The van der Waals surface area contributed by atoms with Gasteiger partial charge in [-0.1, -0.05) is 53.0 Å². The number of ether oxygens (including phenoxy) is 2. The lowest BCUT2D eigenvalue weighted by Gasteiger charge is -2.62. The maximum Gasteiger partial charge on any atom is 0.306 e. The van der Waals surface area contributed by atoms with Crippen LogP contribution in [-0.4, -0.2) is 47.6 Å². The average Bonchev–Trinajstić information content (AvgIpc) is 3.12. The lowest BCUT2D eigenvalue weighted by molar-refractivity contribution is -0.204. The number of hydrogen-bond donors (Lipinski definition) is 1. The summed E-state index contributed by atoms with van der Waals surface area (Å²) >= 11 is 0.